The second-order valence-electron chi connectivity index (χ2n) is 6.54. The predicted octanol–water partition coefficient (Wildman–Crippen LogP) is 1.87. The Labute approximate surface area is 153 Å². The zero-order chi connectivity index (χ0) is 18.6. The summed E-state index contributed by atoms with van der Waals surface area (Å²) in [7, 11) is 3.19. The summed E-state index contributed by atoms with van der Waals surface area (Å²) < 4.78 is 8.68. The van der Waals surface area contributed by atoms with Crippen molar-refractivity contribution < 1.29 is 4.74 Å². The van der Waals surface area contributed by atoms with Gasteiger partial charge >= 0.3 is 5.69 Å². The molecule has 0 saturated heterocycles. The highest BCUT2D eigenvalue weighted by molar-refractivity contribution is 6.31. The Morgan fingerprint density at radius 2 is 2.08 bits per heavy atom. The van der Waals surface area contributed by atoms with E-state index in [4.69, 9.17) is 16.3 Å². The van der Waals surface area contributed by atoms with Gasteiger partial charge in [-0.15, -0.1) is 0 Å². The number of halogens is 1. The minimum atomic E-state index is -0.488. The van der Waals surface area contributed by atoms with Crippen LogP contribution < -0.4 is 20.9 Å². The Hall–Kier alpha value is -2.74. The van der Waals surface area contributed by atoms with Gasteiger partial charge < -0.3 is 14.2 Å². The molecule has 1 atom stereocenters. The lowest BCUT2D eigenvalue weighted by atomic mass is 10.1. The Morgan fingerprint density at radius 1 is 1.31 bits per heavy atom. The number of aromatic nitrogens is 4. The molecule has 0 amide bonds. The number of aromatic amines is 1. The molecule has 0 fully saturated rings. The van der Waals surface area contributed by atoms with Crippen molar-refractivity contribution in [1.29, 1.82) is 0 Å². The van der Waals surface area contributed by atoms with Gasteiger partial charge in [0, 0.05) is 25.2 Å². The first-order valence-electron chi connectivity index (χ1n) is 8.21. The second-order valence-corrected chi connectivity index (χ2v) is 6.98. The van der Waals surface area contributed by atoms with Gasteiger partial charge in [-0.1, -0.05) is 18.5 Å². The third-order valence-corrected chi connectivity index (χ3v) is 4.88. The SMILES string of the molecule is COc1ccc(Cl)cc1N1C[C@H](C)Cn2c1nc1c2c(=O)[nH]c(=O)n1C. The van der Waals surface area contributed by atoms with E-state index in [1.807, 2.05) is 15.5 Å². The monoisotopic (exact) mass is 375 g/mol. The molecule has 0 saturated carbocycles. The average molecular weight is 376 g/mol. The average Bonchev–Trinajstić information content (AvgIpc) is 2.99. The van der Waals surface area contributed by atoms with E-state index in [1.54, 1.807) is 26.3 Å². The Kier molecular flexibility index (Phi) is 3.80. The highest BCUT2D eigenvalue weighted by Crippen LogP contribution is 2.39. The highest BCUT2D eigenvalue weighted by atomic mass is 35.5. The van der Waals surface area contributed by atoms with Crippen LogP contribution in [0.2, 0.25) is 5.02 Å². The van der Waals surface area contributed by atoms with E-state index in [0.29, 0.717) is 41.0 Å². The van der Waals surface area contributed by atoms with Crippen LogP contribution in [0.4, 0.5) is 11.6 Å². The van der Waals surface area contributed by atoms with Crippen molar-refractivity contribution in [3.05, 3.63) is 44.1 Å². The molecule has 0 aliphatic carbocycles. The molecule has 1 N–H and O–H groups in total. The van der Waals surface area contributed by atoms with Gasteiger partial charge in [0.2, 0.25) is 5.95 Å². The topological polar surface area (TPSA) is 85.2 Å². The standard InChI is InChI=1S/C17H18ClN5O3/c1-9-7-22(11-6-10(18)4-5-12(11)26-3)16-19-14-13(23(16)8-9)15(24)20-17(25)21(14)2/h4-6,9H,7-8H2,1-3H3,(H,20,24,25)/t9-/m0/s1. The first-order valence-corrected chi connectivity index (χ1v) is 8.59. The number of benzene rings is 1. The first kappa shape index (κ1) is 16.7. The number of hydrogen-bond acceptors (Lipinski definition) is 5. The Balaban J connectivity index is 2.03. The zero-order valence-electron chi connectivity index (χ0n) is 14.6. The summed E-state index contributed by atoms with van der Waals surface area (Å²) in [5.74, 6) is 1.50. The fourth-order valence-electron chi connectivity index (χ4n) is 3.44. The lowest BCUT2D eigenvalue weighted by molar-refractivity contribution is 0.410. The summed E-state index contributed by atoms with van der Waals surface area (Å²) in [6, 6.07) is 5.37. The second kappa shape index (κ2) is 5.91. The van der Waals surface area contributed by atoms with Crippen molar-refractivity contribution in [3.8, 4) is 5.75 Å². The molecule has 3 heterocycles. The summed E-state index contributed by atoms with van der Waals surface area (Å²) in [6.45, 7) is 3.41. The molecule has 0 spiro atoms. The van der Waals surface area contributed by atoms with Crippen molar-refractivity contribution in [2.24, 2.45) is 13.0 Å². The van der Waals surface area contributed by atoms with E-state index in [-0.39, 0.29) is 5.92 Å². The minimum Gasteiger partial charge on any atom is -0.495 e. The molecule has 0 unspecified atom stereocenters. The van der Waals surface area contributed by atoms with E-state index < -0.39 is 11.2 Å². The van der Waals surface area contributed by atoms with Gasteiger partial charge in [0.15, 0.2) is 11.2 Å². The molecular weight excluding hydrogens is 358 g/mol. The van der Waals surface area contributed by atoms with Crippen LogP contribution in [0.15, 0.2) is 27.8 Å². The summed E-state index contributed by atoms with van der Waals surface area (Å²) in [6.07, 6.45) is 0. The number of methoxy groups -OCH3 is 1. The van der Waals surface area contributed by atoms with Gasteiger partial charge in [-0.25, -0.2) is 4.79 Å². The number of imidazole rings is 1. The number of fused-ring (bicyclic) bond motifs is 3. The van der Waals surface area contributed by atoms with Gasteiger partial charge in [-0.3, -0.25) is 14.3 Å². The van der Waals surface area contributed by atoms with E-state index in [1.165, 1.54) is 4.57 Å². The summed E-state index contributed by atoms with van der Waals surface area (Å²) in [5.41, 5.74) is 0.588. The van der Waals surface area contributed by atoms with Crippen LogP contribution in [0.1, 0.15) is 6.92 Å². The molecule has 8 nitrogen and oxygen atoms in total. The van der Waals surface area contributed by atoms with Crippen LogP contribution >= 0.6 is 11.6 Å². The van der Waals surface area contributed by atoms with Crippen LogP contribution in [-0.2, 0) is 13.6 Å². The quantitative estimate of drug-likeness (QED) is 0.739. The third kappa shape index (κ3) is 2.40. The number of rotatable bonds is 2. The number of nitrogens with one attached hydrogen (secondary N) is 1. The molecule has 136 valence electrons. The molecule has 9 heteroatoms. The largest absolute Gasteiger partial charge is 0.495 e. The number of ether oxygens (including phenoxy) is 1. The minimum absolute atomic E-state index is 0.250. The van der Waals surface area contributed by atoms with Gasteiger partial charge in [0.25, 0.3) is 5.56 Å². The zero-order valence-corrected chi connectivity index (χ0v) is 15.4. The lowest BCUT2D eigenvalue weighted by Crippen LogP contribution is -2.35. The molecule has 26 heavy (non-hydrogen) atoms. The molecule has 4 rings (SSSR count). The summed E-state index contributed by atoms with van der Waals surface area (Å²) in [4.78, 5) is 33.3. The first-order chi connectivity index (χ1) is 12.4. The Morgan fingerprint density at radius 3 is 2.81 bits per heavy atom. The molecule has 0 bridgehead atoms. The van der Waals surface area contributed by atoms with Gasteiger partial charge in [0.1, 0.15) is 5.75 Å². The smallest absolute Gasteiger partial charge is 0.329 e. The van der Waals surface area contributed by atoms with Crippen molar-refractivity contribution in [1.82, 2.24) is 19.1 Å². The third-order valence-electron chi connectivity index (χ3n) is 4.65. The van der Waals surface area contributed by atoms with Crippen LogP contribution in [-0.4, -0.2) is 32.8 Å². The number of aryl methyl sites for hydroxylation is 1. The van der Waals surface area contributed by atoms with Gasteiger partial charge in [-0.05, 0) is 24.1 Å². The molecule has 3 aromatic rings. The Bertz CT molecular complexity index is 1130. The molecule has 1 aromatic carbocycles. The maximum absolute atomic E-state index is 12.4. The van der Waals surface area contributed by atoms with Crippen LogP contribution in [0.25, 0.3) is 11.2 Å². The number of nitrogens with zero attached hydrogens (tertiary/aromatic N) is 4. The van der Waals surface area contributed by atoms with E-state index >= 15 is 0 Å². The van der Waals surface area contributed by atoms with Crippen LogP contribution in [0, 0.1) is 5.92 Å². The highest BCUT2D eigenvalue weighted by Gasteiger charge is 2.30. The molecule has 1 aliphatic heterocycles. The molecule has 2 aromatic heterocycles. The van der Waals surface area contributed by atoms with Crippen LogP contribution in [0.5, 0.6) is 5.75 Å². The van der Waals surface area contributed by atoms with E-state index in [0.717, 1.165) is 5.69 Å². The normalized spacial score (nSPS) is 16.8. The van der Waals surface area contributed by atoms with Gasteiger partial charge in [-0.2, -0.15) is 4.98 Å². The van der Waals surface area contributed by atoms with Crippen molar-refractivity contribution in [3.63, 3.8) is 0 Å². The molecule has 1 aliphatic rings. The van der Waals surface area contributed by atoms with Crippen molar-refractivity contribution in [2.45, 2.75) is 13.5 Å². The molecular formula is C17H18ClN5O3. The maximum atomic E-state index is 12.4. The van der Waals surface area contributed by atoms with Crippen molar-refractivity contribution >= 4 is 34.4 Å². The van der Waals surface area contributed by atoms with Gasteiger partial charge in [0.05, 0.1) is 12.8 Å². The fraction of sp³-hybridized carbons (Fsp3) is 0.353. The number of anilines is 2. The predicted molar refractivity (Wildman–Crippen MR) is 99.8 cm³/mol. The lowest BCUT2D eigenvalue weighted by Gasteiger charge is -2.33. The van der Waals surface area contributed by atoms with E-state index in [9.17, 15) is 9.59 Å². The summed E-state index contributed by atoms with van der Waals surface area (Å²) in [5, 5.41) is 0.576. The molecule has 0 radical (unpaired) electrons. The van der Waals surface area contributed by atoms with E-state index in [2.05, 4.69) is 16.9 Å². The number of hydrogen-bond donors (Lipinski definition) is 1. The number of H-pyrrole nitrogens is 1. The van der Waals surface area contributed by atoms with Crippen molar-refractivity contribution in [2.75, 3.05) is 18.6 Å². The van der Waals surface area contributed by atoms with Crippen LogP contribution in [0.3, 0.4) is 0 Å². The fourth-order valence-corrected chi connectivity index (χ4v) is 3.61. The maximum Gasteiger partial charge on any atom is 0.329 e. The summed E-state index contributed by atoms with van der Waals surface area (Å²) >= 11 is 6.20.